The molecule has 162 valence electrons. The molecule has 1 unspecified atom stereocenters. The fourth-order valence-corrected chi connectivity index (χ4v) is 3.16. The van der Waals surface area contributed by atoms with Crippen molar-refractivity contribution in [3.63, 3.8) is 0 Å². The number of aromatic hydroxyl groups is 1. The van der Waals surface area contributed by atoms with Crippen molar-refractivity contribution in [2.24, 2.45) is 7.05 Å². The number of carbonyl (C=O) groups is 1. The summed E-state index contributed by atoms with van der Waals surface area (Å²) >= 11 is 0. The predicted molar refractivity (Wildman–Crippen MR) is 108 cm³/mol. The van der Waals surface area contributed by atoms with E-state index in [0.29, 0.717) is 0 Å². The van der Waals surface area contributed by atoms with Gasteiger partial charge in [-0.05, 0) is 24.1 Å². The molecule has 31 heavy (non-hydrogen) atoms. The second-order valence-electron chi connectivity index (χ2n) is 7.03. The van der Waals surface area contributed by atoms with Gasteiger partial charge in [-0.2, -0.15) is 13.2 Å². The molecule has 0 fully saturated rings. The monoisotopic (exact) mass is 431 g/mol. The van der Waals surface area contributed by atoms with E-state index in [1.807, 2.05) is 6.07 Å². The van der Waals surface area contributed by atoms with Gasteiger partial charge in [-0.3, -0.25) is 14.2 Å². The molecule has 9 heteroatoms. The molecule has 3 rings (SSSR count). The van der Waals surface area contributed by atoms with Gasteiger partial charge in [0.25, 0.3) is 11.5 Å². The van der Waals surface area contributed by atoms with E-state index in [0.717, 1.165) is 16.2 Å². The molecule has 0 radical (unpaired) electrons. The van der Waals surface area contributed by atoms with Crippen LogP contribution in [-0.2, 0) is 19.6 Å². The molecule has 1 atom stereocenters. The Labute approximate surface area is 176 Å². The number of amides is 1. The lowest BCUT2D eigenvalue weighted by atomic mass is 10.0. The van der Waals surface area contributed by atoms with Gasteiger partial charge in [0.2, 0.25) is 5.75 Å². The van der Waals surface area contributed by atoms with Gasteiger partial charge in [0.05, 0.1) is 11.6 Å². The Bertz CT molecular complexity index is 1160. The summed E-state index contributed by atoms with van der Waals surface area (Å²) < 4.78 is 40.9. The third kappa shape index (κ3) is 4.76. The van der Waals surface area contributed by atoms with Gasteiger partial charge in [0.15, 0.2) is 5.69 Å². The van der Waals surface area contributed by atoms with Gasteiger partial charge in [0, 0.05) is 13.5 Å². The highest BCUT2D eigenvalue weighted by Crippen LogP contribution is 2.32. The Morgan fingerprint density at radius 1 is 1.13 bits per heavy atom. The molecule has 0 spiro atoms. The van der Waals surface area contributed by atoms with Crippen LogP contribution < -0.4 is 10.9 Å². The molecule has 1 heterocycles. The first-order valence-corrected chi connectivity index (χ1v) is 9.39. The second-order valence-corrected chi connectivity index (χ2v) is 7.03. The third-order valence-electron chi connectivity index (χ3n) is 4.89. The Balaban J connectivity index is 1.96. The number of halogens is 3. The van der Waals surface area contributed by atoms with E-state index >= 15 is 0 Å². The van der Waals surface area contributed by atoms with E-state index in [4.69, 9.17) is 0 Å². The molecule has 0 saturated carbocycles. The first-order chi connectivity index (χ1) is 14.6. The average Bonchev–Trinajstić information content (AvgIpc) is 2.74. The summed E-state index contributed by atoms with van der Waals surface area (Å²) in [4.78, 5) is 29.1. The predicted octanol–water partition coefficient (Wildman–Crippen LogP) is 3.59. The summed E-state index contributed by atoms with van der Waals surface area (Å²) in [6.07, 6.45) is -4.94. The smallest absolute Gasteiger partial charge is 0.416 e. The van der Waals surface area contributed by atoms with Crippen LogP contribution in [0.3, 0.4) is 0 Å². The zero-order chi connectivity index (χ0) is 22.8. The molecule has 2 N–H and O–H groups in total. The lowest BCUT2D eigenvalue weighted by Gasteiger charge is -2.17. The first kappa shape index (κ1) is 22.1. The van der Waals surface area contributed by atoms with Crippen molar-refractivity contribution >= 4 is 5.91 Å². The number of alkyl halides is 3. The fraction of sp³-hybridized carbons (Fsp3) is 0.227. The van der Waals surface area contributed by atoms with Crippen molar-refractivity contribution < 1.29 is 23.1 Å². The highest BCUT2D eigenvalue weighted by molar-refractivity contribution is 5.94. The number of hydrogen-bond donors (Lipinski definition) is 2. The summed E-state index contributed by atoms with van der Waals surface area (Å²) in [6, 6.07) is 13.5. The minimum atomic E-state index is -4.59. The number of rotatable bonds is 5. The van der Waals surface area contributed by atoms with Crippen molar-refractivity contribution in [2.75, 3.05) is 0 Å². The second kappa shape index (κ2) is 8.63. The van der Waals surface area contributed by atoms with Gasteiger partial charge >= 0.3 is 6.18 Å². The van der Waals surface area contributed by atoms with E-state index in [9.17, 15) is 27.9 Å². The number of nitrogens with one attached hydrogen (secondary N) is 1. The van der Waals surface area contributed by atoms with Crippen LogP contribution >= 0.6 is 0 Å². The molecule has 0 aliphatic carbocycles. The van der Waals surface area contributed by atoms with E-state index < -0.39 is 40.7 Å². The SMILES string of the molecule is CC(NC(=O)c1nc(Cc2ccccc2C(F)(F)F)n(C)c(=O)c1O)c1ccccc1. The van der Waals surface area contributed by atoms with Crippen molar-refractivity contribution in [3.8, 4) is 5.75 Å². The highest BCUT2D eigenvalue weighted by Gasteiger charge is 2.33. The van der Waals surface area contributed by atoms with Gasteiger partial charge in [-0.15, -0.1) is 0 Å². The highest BCUT2D eigenvalue weighted by atomic mass is 19.4. The quantitative estimate of drug-likeness (QED) is 0.647. The van der Waals surface area contributed by atoms with E-state index in [1.165, 1.54) is 25.2 Å². The molecule has 6 nitrogen and oxygen atoms in total. The molecule has 0 bridgehead atoms. The van der Waals surface area contributed by atoms with Crippen LogP contribution in [0, 0.1) is 0 Å². The molecule has 0 aliphatic rings. The number of carbonyl (C=O) groups excluding carboxylic acids is 1. The number of benzene rings is 2. The Hall–Kier alpha value is -3.62. The molecule has 1 aromatic heterocycles. The molecule has 0 aliphatic heterocycles. The van der Waals surface area contributed by atoms with Crippen molar-refractivity contribution in [2.45, 2.75) is 25.6 Å². The molecule has 3 aromatic rings. The normalized spacial score (nSPS) is 12.4. The summed E-state index contributed by atoms with van der Waals surface area (Å²) in [6.45, 7) is 1.71. The summed E-state index contributed by atoms with van der Waals surface area (Å²) in [5, 5.41) is 12.8. The Morgan fingerprint density at radius 2 is 1.74 bits per heavy atom. The molecule has 1 amide bonds. The molecular weight excluding hydrogens is 411 g/mol. The number of nitrogens with zero attached hydrogens (tertiary/aromatic N) is 2. The zero-order valence-corrected chi connectivity index (χ0v) is 16.8. The lowest BCUT2D eigenvalue weighted by Crippen LogP contribution is -2.32. The van der Waals surface area contributed by atoms with Gasteiger partial charge < -0.3 is 10.4 Å². The Morgan fingerprint density at radius 3 is 2.39 bits per heavy atom. The van der Waals surface area contributed by atoms with Crippen molar-refractivity contribution in [1.82, 2.24) is 14.9 Å². The van der Waals surface area contributed by atoms with Crippen LogP contribution in [0.2, 0.25) is 0 Å². The topological polar surface area (TPSA) is 84.2 Å². The number of hydrogen-bond acceptors (Lipinski definition) is 4. The fourth-order valence-electron chi connectivity index (χ4n) is 3.16. The maximum atomic E-state index is 13.3. The van der Waals surface area contributed by atoms with Gasteiger partial charge in [0.1, 0.15) is 5.82 Å². The van der Waals surface area contributed by atoms with Gasteiger partial charge in [-0.25, -0.2) is 4.98 Å². The van der Waals surface area contributed by atoms with E-state index in [1.54, 1.807) is 31.2 Å². The third-order valence-corrected chi connectivity index (χ3v) is 4.89. The molecule has 2 aromatic carbocycles. The Kier molecular flexibility index (Phi) is 6.14. The minimum Gasteiger partial charge on any atom is -0.501 e. The van der Waals surface area contributed by atoms with Crippen LogP contribution in [-0.4, -0.2) is 20.6 Å². The maximum Gasteiger partial charge on any atom is 0.416 e. The van der Waals surface area contributed by atoms with Gasteiger partial charge in [-0.1, -0.05) is 48.5 Å². The minimum absolute atomic E-state index is 0.0861. The summed E-state index contributed by atoms with van der Waals surface area (Å²) in [7, 11) is 1.27. The lowest BCUT2D eigenvalue weighted by molar-refractivity contribution is -0.138. The standard InChI is InChI=1S/C22H20F3N3O3/c1-13(14-8-4-3-5-9-14)26-20(30)18-19(29)21(31)28(2)17(27-18)12-15-10-6-7-11-16(15)22(23,24)25/h3-11,13,29H,12H2,1-2H3,(H,26,30). The van der Waals surface area contributed by atoms with E-state index in [2.05, 4.69) is 10.3 Å². The van der Waals surface area contributed by atoms with Crippen LogP contribution in [0.4, 0.5) is 13.2 Å². The largest absolute Gasteiger partial charge is 0.501 e. The van der Waals surface area contributed by atoms with Crippen molar-refractivity contribution in [3.05, 3.63) is 93.2 Å². The van der Waals surface area contributed by atoms with Crippen LogP contribution in [0.15, 0.2) is 59.4 Å². The molecule has 0 saturated heterocycles. The average molecular weight is 431 g/mol. The first-order valence-electron chi connectivity index (χ1n) is 9.39. The number of aromatic nitrogens is 2. The summed E-state index contributed by atoms with van der Waals surface area (Å²) in [5.41, 5.74) is -1.64. The zero-order valence-electron chi connectivity index (χ0n) is 16.8. The summed E-state index contributed by atoms with van der Waals surface area (Å²) in [5.74, 6) is -1.76. The van der Waals surface area contributed by atoms with Crippen LogP contribution in [0.1, 0.15) is 46.0 Å². The van der Waals surface area contributed by atoms with Crippen molar-refractivity contribution in [1.29, 1.82) is 0 Å². The van der Waals surface area contributed by atoms with Crippen LogP contribution in [0.5, 0.6) is 5.75 Å². The van der Waals surface area contributed by atoms with E-state index in [-0.39, 0.29) is 17.8 Å². The maximum absolute atomic E-state index is 13.3. The van der Waals surface area contributed by atoms with Crippen LogP contribution in [0.25, 0.3) is 0 Å². The molecular formula is C22H20F3N3O3.